The number of nitrogens with zero attached hydrogens (tertiary/aromatic N) is 1. The maximum absolute atomic E-state index is 13.2. The van der Waals surface area contributed by atoms with Crippen molar-refractivity contribution in [1.29, 1.82) is 0 Å². The molecule has 1 aromatic heterocycles. The highest BCUT2D eigenvalue weighted by atomic mass is 35.5. The van der Waals surface area contributed by atoms with E-state index in [2.05, 4.69) is 17.2 Å². The quantitative estimate of drug-likeness (QED) is 0.713. The number of aromatic nitrogens is 1. The number of nitrogens with one attached hydrogen (secondary N) is 1. The highest BCUT2D eigenvalue weighted by molar-refractivity contribution is 7.22. The van der Waals surface area contributed by atoms with Crippen LogP contribution in [0.4, 0.5) is 9.52 Å². The second kappa shape index (κ2) is 5.38. The molecule has 2 aromatic carbocycles. The molecule has 0 radical (unpaired) electrons. The SMILES string of the molecule is CC(Nc1nc2ccc(F)cc2s1)c1ccc(Cl)cc1. The molecule has 102 valence electrons. The maximum Gasteiger partial charge on any atom is 0.184 e. The fourth-order valence-electron chi connectivity index (χ4n) is 1.98. The fourth-order valence-corrected chi connectivity index (χ4v) is 3.08. The molecule has 5 heteroatoms. The Balaban J connectivity index is 1.83. The summed E-state index contributed by atoms with van der Waals surface area (Å²) in [5.41, 5.74) is 1.93. The van der Waals surface area contributed by atoms with Gasteiger partial charge in [0.25, 0.3) is 0 Å². The van der Waals surface area contributed by atoms with E-state index in [0.29, 0.717) is 0 Å². The van der Waals surface area contributed by atoms with Gasteiger partial charge in [-0.15, -0.1) is 0 Å². The number of fused-ring (bicyclic) bond motifs is 1. The van der Waals surface area contributed by atoms with Gasteiger partial charge in [0.05, 0.1) is 16.3 Å². The summed E-state index contributed by atoms with van der Waals surface area (Å²) in [6.07, 6.45) is 0. The van der Waals surface area contributed by atoms with Crippen molar-refractivity contribution in [3.05, 3.63) is 58.9 Å². The van der Waals surface area contributed by atoms with Crippen LogP contribution < -0.4 is 5.32 Å². The van der Waals surface area contributed by atoms with E-state index in [9.17, 15) is 4.39 Å². The van der Waals surface area contributed by atoms with Gasteiger partial charge in [-0.1, -0.05) is 35.1 Å². The Kier molecular flexibility index (Phi) is 3.59. The summed E-state index contributed by atoms with van der Waals surface area (Å²) in [4.78, 5) is 4.45. The molecule has 2 nitrogen and oxygen atoms in total. The number of hydrogen-bond donors (Lipinski definition) is 1. The lowest BCUT2D eigenvalue weighted by molar-refractivity contribution is 0.630. The molecule has 0 bridgehead atoms. The molecule has 0 saturated carbocycles. The van der Waals surface area contributed by atoms with Crippen LogP contribution in [0.5, 0.6) is 0 Å². The number of benzene rings is 2. The first-order valence-electron chi connectivity index (χ1n) is 6.20. The Labute approximate surface area is 125 Å². The van der Waals surface area contributed by atoms with Crippen LogP contribution >= 0.6 is 22.9 Å². The van der Waals surface area contributed by atoms with Crippen molar-refractivity contribution < 1.29 is 4.39 Å². The number of halogens is 2. The Bertz CT molecular complexity index is 739. The first-order valence-corrected chi connectivity index (χ1v) is 7.39. The Morgan fingerprint density at radius 3 is 2.70 bits per heavy atom. The molecular formula is C15H12ClFN2S. The molecule has 0 saturated heterocycles. The van der Waals surface area contributed by atoms with E-state index in [1.165, 1.54) is 23.5 Å². The lowest BCUT2D eigenvalue weighted by Crippen LogP contribution is -2.05. The van der Waals surface area contributed by atoms with Gasteiger partial charge in [-0.2, -0.15) is 0 Å². The zero-order valence-corrected chi connectivity index (χ0v) is 12.3. The first-order chi connectivity index (χ1) is 9.61. The minimum Gasteiger partial charge on any atom is -0.355 e. The minimum absolute atomic E-state index is 0.109. The van der Waals surface area contributed by atoms with E-state index in [-0.39, 0.29) is 11.9 Å². The van der Waals surface area contributed by atoms with Crippen LogP contribution in [-0.4, -0.2) is 4.98 Å². The van der Waals surface area contributed by atoms with Gasteiger partial charge >= 0.3 is 0 Å². The highest BCUT2D eigenvalue weighted by Crippen LogP contribution is 2.29. The molecule has 3 rings (SSSR count). The van der Waals surface area contributed by atoms with Crippen LogP contribution in [0.2, 0.25) is 5.02 Å². The van der Waals surface area contributed by atoms with Crippen molar-refractivity contribution in [3.8, 4) is 0 Å². The minimum atomic E-state index is -0.238. The molecule has 0 aliphatic heterocycles. The third-order valence-electron chi connectivity index (χ3n) is 3.06. The zero-order chi connectivity index (χ0) is 14.1. The highest BCUT2D eigenvalue weighted by Gasteiger charge is 2.09. The molecule has 1 atom stereocenters. The van der Waals surface area contributed by atoms with Crippen LogP contribution in [0.1, 0.15) is 18.5 Å². The predicted octanol–water partition coefficient (Wildman–Crippen LogP) is 5.26. The van der Waals surface area contributed by atoms with Gasteiger partial charge in [-0.05, 0) is 42.8 Å². The summed E-state index contributed by atoms with van der Waals surface area (Å²) >= 11 is 7.33. The molecule has 3 aromatic rings. The van der Waals surface area contributed by atoms with E-state index in [1.54, 1.807) is 6.07 Å². The molecule has 20 heavy (non-hydrogen) atoms. The van der Waals surface area contributed by atoms with Crippen molar-refractivity contribution in [2.75, 3.05) is 5.32 Å². The van der Waals surface area contributed by atoms with Crippen molar-refractivity contribution in [2.24, 2.45) is 0 Å². The second-order valence-electron chi connectivity index (χ2n) is 4.55. The lowest BCUT2D eigenvalue weighted by Gasteiger charge is -2.13. The van der Waals surface area contributed by atoms with Crippen molar-refractivity contribution in [1.82, 2.24) is 4.98 Å². The van der Waals surface area contributed by atoms with Crippen LogP contribution in [0, 0.1) is 5.82 Å². The fraction of sp³-hybridized carbons (Fsp3) is 0.133. The summed E-state index contributed by atoms with van der Waals surface area (Å²) in [6, 6.07) is 12.4. The molecule has 1 unspecified atom stereocenters. The number of hydrogen-bond acceptors (Lipinski definition) is 3. The van der Waals surface area contributed by atoms with E-state index in [0.717, 1.165) is 25.9 Å². The largest absolute Gasteiger partial charge is 0.355 e. The zero-order valence-electron chi connectivity index (χ0n) is 10.7. The van der Waals surface area contributed by atoms with Crippen molar-refractivity contribution in [2.45, 2.75) is 13.0 Å². The Morgan fingerprint density at radius 2 is 1.95 bits per heavy atom. The average molecular weight is 307 g/mol. The summed E-state index contributed by atoms with van der Waals surface area (Å²) in [5, 5.41) is 4.83. The molecule has 0 fully saturated rings. The van der Waals surface area contributed by atoms with E-state index >= 15 is 0 Å². The predicted molar refractivity (Wildman–Crippen MR) is 83.1 cm³/mol. The first kappa shape index (κ1) is 13.3. The average Bonchev–Trinajstić information content (AvgIpc) is 2.80. The van der Waals surface area contributed by atoms with Crippen LogP contribution in [0.15, 0.2) is 42.5 Å². The summed E-state index contributed by atoms with van der Waals surface area (Å²) < 4.78 is 14.0. The van der Waals surface area contributed by atoms with E-state index < -0.39 is 0 Å². The van der Waals surface area contributed by atoms with Gasteiger partial charge in [0.2, 0.25) is 0 Å². The van der Waals surface area contributed by atoms with Gasteiger partial charge < -0.3 is 5.32 Å². The lowest BCUT2D eigenvalue weighted by atomic mass is 10.1. The van der Waals surface area contributed by atoms with E-state index in [4.69, 9.17) is 11.6 Å². The van der Waals surface area contributed by atoms with Gasteiger partial charge in [0.15, 0.2) is 5.13 Å². The van der Waals surface area contributed by atoms with Gasteiger partial charge in [0.1, 0.15) is 5.82 Å². The molecule has 0 aliphatic rings. The monoisotopic (exact) mass is 306 g/mol. The molecule has 0 amide bonds. The van der Waals surface area contributed by atoms with Crippen LogP contribution in [0.3, 0.4) is 0 Å². The molecule has 1 heterocycles. The number of thiazole rings is 1. The van der Waals surface area contributed by atoms with Crippen LogP contribution in [-0.2, 0) is 0 Å². The molecule has 1 N–H and O–H groups in total. The van der Waals surface area contributed by atoms with Gasteiger partial charge in [-0.25, -0.2) is 9.37 Å². The van der Waals surface area contributed by atoms with Crippen LogP contribution in [0.25, 0.3) is 10.2 Å². The second-order valence-corrected chi connectivity index (χ2v) is 6.02. The summed E-state index contributed by atoms with van der Waals surface area (Å²) in [6.45, 7) is 2.05. The van der Waals surface area contributed by atoms with Crippen molar-refractivity contribution >= 4 is 38.3 Å². The van der Waals surface area contributed by atoms with Gasteiger partial charge in [0, 0.05) is 5.02 Å². The smallest absolute Gasteiger partial charge is 0.184 e. The number of anilines is 1. The normalized spacial score (nSPS) is 12.6. The van der Waals surface area contributed by atoms with E-state index in [1.807, 2.05) is 24.3 Å². The Hall–Kier alpha value is -1.65. The molecule has 0 spiro atoms. The maximum atomic E-state index is 13.2. The topological polar surface area (TPSA) is 24.9 Å². The molecular weight excluding hydrogens is 295 g/mol. The summed E-state index contributed by atoms with van der Waals surface area (Å²) in [7, 11) is 0. The number of rotatable bonds is 3. The Morgan fingerprint density at radius 1 is 1.20 bits per heavy atom. The third-order valence-corrected chi connectivity index (χ3v) is 4.26. The molecule has 0 aliphatic carbocycles. The third kappa shape index (κ3) is 2.76. The van der Waals surface area contributed by atoms with Crippen molar-refractivity contribution in [3.63, 3.8) is 0 Å². The standard InChI is InChI=1S/C15H12ClFN2S/c1-9(10-2-4-11(16)5-3-10)18-15-19-13-7-6-12(17)8-14(13)20-15/h2-9H,1H3,(H,18,19). The van der Waals surface area contributed by atoms with Gasteiger partial charge in [-0.3, -0.25) is 0 Å². The summed E-state index contributed by atoms with van der Waals surface area (Å²) in [5.74, 6) is -0.238.